The molecule has 3 rings (SSSR count). The SMILES string of the molecule is CCOc1ccccc1NC(=O)CN(c1ccc(F)cc1)S(=O)(=O)c1ccc(OC)cc1. The lowest BCUT2D eigenvalue weighted by atomic mass is 10.3. The van der Waals surface area contributed by atoms with E-state index in [0.29, 0.717) is 23.8 Å². The Bertz CT molecular complexity index is 1170. The molecule has 3 aromatic rings. The Morgan fingerprint density at radius 3 is 2.28 bits per heavy atom. The van der Waals surface area contributed by atoms with E-state index in [1.165, 1.54) is 43.5 Å². The molecule has 0 unspecified atom stereocenters. The number of para-hydroxylation sites is 2. The first-order valence-corrected chi connectivity index (χ1v) is 11.2. The summed E-state index contributed by atoms with van der Waals surface area (Å²) in [5.41, 5.74) is 0.565. The minimum absolute atomic E-state index is 0.0369. The van der Waals surface area contributed by atoms with Gasteiger partial charge in [0.2, 0.25) is 5.91 Å². The third-order valence-electron chi connectivity index (χ3n) is 4.51. The molecule has 32 heavy (non-hydrogen) atoms. The van der Waals surface area contributed by atoms with E-state index >= 15 is 0 Å². The Labute approximate surface area is 186 Å². The van der Waals surface area contributed by atoms with Crippen LogP contribution < -0.4 is 19.1 Å². The number of methoxy groups -OCH3 is 1. The van der Waals surface area contributed by atoms with Crippen LogP contribution in [0.25, 0.3) is 0 Å². The predicted octanol–water partition coefficient (Wildman–Crippen LogP) is 4.07. The molecule has 0 aromatic heterocycles. The van der Waals surface area contributed by atoms with Gasteiger partial charge in [0.1, 0.15) is 23.9 Å². The highest BCUT2D eigenvalue weighted by molar-refractivity contribution is 7.92. The van der Waals surface area contributed by atoms with E-state index in [0.717, 1.165) is 16.4 Å². The second-order valence-corrected chi connectivity index (χ2v) is 8.50. The first-order valence-electron chi connectivity index (χ1n) is 9.79. The van der Waals surface area contributed by atoms with Crippen molar-refractivity contribution < 1.29 is 27.1 Å². The van der Waals surface area contributed by atoms with Gasteiger partial charge in [0.15, 0.2) is 0 Å². The topological polar surface area (TPSA) is 84.9 Å². The lowest BCUT2D eigenvalue weighted by Crippen LogP contribution is -2.38. The van der Waals surface area contributed by atoms with Gasteiger partial charge in [-0.15, -0.1) is 0 Å². The fraction of sp³-hybridized carbons (Fsp3) is 0.174. The maximum absolute atomic E-state index is 13.4. The Morgan fingerprint density at radius 1 is 1.00 bits per heavy atom. The van der Waals surface area contributed by atoms with Crippen molar-refractivity contribution in [1.29, 1.82) is 0 Å². The number of nitrogens with one attached hydrogen (secondary N) is 1. The summed E-state index contributed by atoms with van der Waals surface area (Å²) in [4.78, 5) is 12.8. The van der Waals surface area contributed by atoms with Gasteiger partial charge in [-0.25, -0.2) is 12.8 Å². The van der Waals surface area contributed by atoms with Crippen LogP contribution in [0, 0.1) is 5.82 Å². The summed E-state index contributed by atoms with van der Waals surface area (Å²) in [5.74, 6) is -0.151. The van der Waals surface area contributed by atoms with Gasteiger partial charge in [-0.1, -0.05) is 12.1 Å². The van der Waals surface area contributed by atoms with Crippen LogP contribution in [0.2, 0.25) is 0 Å². The summed E-state index contributed by atoms with van der Waals surface area (Å²) in [7, 11) is -2.67. The third kappa shape index (κ3) is 5.36. The average Bonchev–Trinajstić information content (AvgIpc) is 2.79. The summed E-state index contributed by atoms with van der Waals surface area (Å²) in [6.45, 7) is 1.69. The Kier molecular flexibility index (Phi) is 7.32. The number of anilines is 2. The summed E-state index contributed by atoms with van der Waals surface area (Å²) in [6, 6.07) is 17.5. The standard InChI is InChI=1S/C23H23FN2O5S/c1-3-31-22-7-5-4-6-21(22)25-23(27)16-26(18-10-8-17(24)9-11-18)32(28,29)20-14-12-19(30-2)13-15-20/h4-15H,3,16H2,1-2H3,(H,25,27). The molecule has 0 aliphatic rings. The van der Waals surface area contributed by atoms with Gasteiger partial charge in [0.25, 0.3) is 10.0 Å². The van der Waals surface area contributed by atoms with Crippen molar-refractivity contribution in [3.8, 4) is 11.5 Å². The highest BCUT2D eigenvalue weighted by Crippen LogP contribution is 2.27. The number of hydrogen-bond acceptors (Lipinski definition) is 5. The van der Waals surface area contributed by atoms with Gasteiger partial charge in [-0.3, -0.25) is 9.10 Å². The molecule has 0 fully saturated rings. The van der Waals surface area contributed by atoms with Crippen LogP contribution in [0.1, 0.15) is 6.92 Å². The second-order valence-electron chi connectivity index (χ2n) is 6.64. The number of sulfonamides is 1. The molecule has 0 atom stereocenters. The molecule has 168 valence electrons. The molecule has 7 nitrogen and oxygen atoms in total. The van der Waals surface area contributed by atoms with E-state index in [4.69, 9.17) is 9.47 Å². The van der Waals surface area contributed by atoms with Crippen LogP contribution in [0.4, 0.5) is 15.8 Å². The molecule has 0 saturated heterocycles. The quantitative estimate of drug-likeness (QED) is 0.523. The number of nitrogens with zero attached hydrogens (tertiary/aromatic N) is 1. The van der Waals surface area contributed by atoms with E-state index in [9.17, 15) is 17.6 Å². The van der Waals surface area contributed by atoms with Crippen molar-refractivity contribution in [3.63, 3.8) is 0 Å². The number of carbonyl (C=O) groups is 1. The van der Waals surface area contributed by atoms with E-state index in [-0.39, 0.29) is 10.6 Å². The van der Waals surface area contributed by atoms with Crippen LogP contribution in [0.3, 0.4) is 0 Å². The number of carbonyl (C=O) groups excluding carboxylic acids is 1. The Balaban J connectivity index is 1.93. The van der Waals surface area contributed by atoms with Crippen molar-refractivity contribution in [2.24, 2.45) is 0 Å². The fourth-order valence-electron chi connectivity index (χ4n) is 2.97. The van der Waals surface area contributed by atoms with Crippen LogP contribution in [-0.2, 0) is 14.8 Å². The van der Waals surface area contributed by atoms with Crippen LogP contribution in [0.5, 0.6) is 11.5 Å². The number of ether oxygens (including phenoxy) is 2. The fourth-order valence-corrected chi connectivity index (χ4v) is 4.39. The zero-order chi connectivity index (χ0) is 23.1. The number of amides is 1. The highest BCUT2D eigenvalue weighted by atomic mass is 32.2. The van der Waals surface area contributed by atoms with Crippen LogP contribution in [0.15, 0.2) is 77.7 Å². The smallest absolute Gasteiger partial charge is 0.264 e. The Morgan fingerprint density at radius 2 is 1.66 bits per heavy atom. The molecule has 0 aliphatic carbocycles. The van der Waals surface area contributed by atoms with E-state index in [1.54, 1.807) is 24.3 Å². The molecular weight excluding hydrogens is 435 g/mol. The van der Waals surface area contributed by atoms with Crippen molar-refractivity contribution in [3.05, 3.63) is 78.6 Å². The summed E-state index contributed by atoms with van der Waals surface area (Å²) in [5, 5.41) is 2.68. The molecular formula is C23H23FN2O5S. The molecule has 0 bridgehead atoms. The van der Waals surface area contributed by atoms with Crippen molar-refractivity contribution in [2.75, 3.05) is 29.9 Å². The largest absolute Gasteiger partial charge is 0.497 e. The molecule has 9 heteroatoms. The Hall–Kier alpha value is -3.59. The zero-order valence-electron chi connectivity index (χ0n) is 17.6. The molecule has 0 aliphatic heterocycles. The van der Waals surface area contributed by atoms with E-state index < -0.39 is 28.3 Å². The first kappa shape index (κ1) is 23.1. The van der Waals surface area contributed by atoms with Crippen molar-refractivity contribution >= 4 is 27.3 Å². The normalized spacial score (nSPS) is 11.0. The first-order chi connectivity index (χ1) is 15.3. The molecule has 0 spiro atoms. The summed E-state index contributed by atoms with van der Waals surface area (Å²) >= 11 is 0. The van der Waals surface area contributed by atoms with Gasteiger partial charge in [-0.05, 0) is 67.6 Å². The van der Waals surface area contributed by atoms with Crippen LogP contribution >= 0.6 is 0 Å². The van der Waals surface area contributed by atoms with Gasteiger partial charge in [0, 0.05) is 0 Å². The van der Waals surface area contributed by atoms with Gasteiger partial charge >= 0.3 is 0 Å². The third-order valence-corrected chi connectivity index (χ3v) is 6.30. The molecule has 0 radical (unpaired) electrons. The summed E-state index contributed by atoms with van der Waals surface area (Å²) < 4.78 is 51.7. The average molecular weight is 459 g/mol. The summed E-state index contributed by atoms with van der Waals surface area (Å²) in [6.07, 6.45) is 0. The number of halogens is 1. The molecule has 1 amide bonds. The van der Waals surface area contributed by atoms with E-state index in [1.807, 2.05) is 6.92 Å². The van der Waals surface area contributed by atoms with Gasteiger partial charge in [-0.2, -0.15) is 0 Å². The van der Waals surface area contributed by atoms with Gasteiger partial charge < -0.3 is 14.8 Å². The number of hydrogen-bond donors (Lipinski definition) is 1. The van der Waals surface area contributed by atoms with Gasteiger partial charge in [0.05, 0.1) is 30.0 Å². The molecule has 0 heterocycles. The van der Waals surface area contributed by atoms with Crippen molar-refractivity contribution in [2.45, 2.75) is 11.8 Å². The lowest BCUT2D eigenvalue weighted by Gasteiger charge is -2.24. The van der Waals surface area contributed by atoms with Crippen molar-refractivity contribution in [1.82, 2.24) is 0 Å². The monoisotopic (exact) mass is 458 g/mol. The zero-order valence-corrected chi connectivity index (χ0v) is 18.4. The van der Waals surface area contributed by atoms with E-state index in [2.05, 4.69) is 5.32 Å². The maximum atomic E-state index is 13.4. The van der Waals surface area contributed by atoms with Crippen LogP contribution in [-0.4, -0.2) is 34.6 Å². The molecule has 0 saturated carbocycles. The minimum Gasteiger partial charge on any atom is -0.497 e. The highest BCUT2D eigenvalue weighted by Gasteiger charge is 2.27. The lowest BCUT2D eigenvalue weighted by molar-refractivity contribution is -0.114. The minimum atomic E-state index is -4.14. The second kappa shape index (κ2) is 10.1. The number of benzene rings is 3. The molecule has 3 aromatic carbocycles. The maximum Gasteiger partial charge on any atom is 0.264 e. The molecule has 1 N–H and O–H groups in total. The predicted molar refractivity (Wildman–Crippen MR) is 120 cm³/mol. The number of rotatable bonds is 9.